The highest BCUT2D eigenvalue weighted by atomic mass is 79.9. The van der Waals surface area contributed by atoms with Gasteiger partial charge in [0.15, 0.2) is 0 Å². The zero-order chi connectivity index (χ0) is 20.4. The van der Waals surface area contributed by atoms with E-state index in [1.165, 1.54) is 9.58 Å². The van der Waals surface area contributed by atoms with Crippen LogP contribution in [0.3, 0.4) is 0 Å². The Labute approximate surface area is 175 Å². The molecule has 2 aromatic heterocycles. The minimum atomic E-state index is -0.277. The number of carbonyl (C=O) groups is 1. The molecule has 0 bridgehead atoms. The van der Waals surface area contributed by atoms with Gasteiger partial charge in [0.2, 0.25) is 5.91 Å². The van der Waals surface area contributed by atoms with E-state index < -0.39 is 0 Å². The molecule has 0 fully saturated rings. The van der Waals surface area contributed by atoms with E-state index in [9.17, 15) is 9.59 Å². The van der Waals surface area contributed by atoms with Crippen LogP contribution in [0, 0.1) is 0 Å². The Hall–Kier alpha value is -3.19. The van der Waals surface area contributed by atoms with Crippen LogP contribution in [0.4, 0.5) is 0 Å². The lowest BCUT2D eigenvalue weighted by molar-refractivity contribution is -0.131. The van der Waals surface area contributed by atoms with E-state index >= 15 is 0 Å². The molecule has 0 saturated heterocycles. The second-order valence-corrected chi connectivity index (χ2v) is 7.63. The van der Waals surface area contributed by atoms with Crippen molar-refractivity contribution in [1.82, 2.24) is 14.7 Å². The number of halogens is 1. The molecule has 0 N–H and O–H groups in total. The number of nitrogens with zero attached hydrogens (tertiary/aromatic N) is 3. The first-order valence-electron chi connectivity index (χ1n) is 9.05. The van der Waals surface area contributed by atoms with Gasteiger partial charge < -0.3 is 9.32 Å². The summed E-state index contributed by atoms with van der Waals surface area (Å²) in [5.41, 5.74) is 0.681. The lowest BCUT2D eigenvalue weighted by Crippen LogP contribution is -2.34. The van der Waals surface area contributed by atoms with E-state index in [2.05, 4.69) is 21.0 Å². The molecule has 0 aliphatic carbocycles. The maximum atomic E-state index is 12.6. The van der Waals surface area contributed by atoms with E-state index in [0.717, 1.165) is 21.2 Å². The van der Waals surface area contributed by atoms with Crippen LogP contribution in [0.1, 0.15) is 5.76 Å². The molecule has 6 nitrogen and oxygen atoms in total. The minimum Gasteiger partial charge on any atom is -0.459 e. The number of hydrogen-bond donors (Lipinski definition) is 0. The Morgan fingerprint density at radius 1 is 1.10 bits per heavy atom. The molecule has 146 valence electrons. The average molecular weight is 452 g/mol. The number of carbonyl (C=O) groups excluding carboxylic acids is 1. The third-order valence-corrected chi connectivity index (χ3v) is 5.18. The molecule has 0 radical (unpaired) electrons. The number of furan rings is 1. The molecule has 0 aliphatic heterocycles. The number of benzene rings is 2. The Morgan fingerprint density at radius 2 is 1.86 bits per heavy atom. The van der Waals surface area contributed by atoms with E-state index in [1.807, 2.05) is 48.5 Å². The molecule has 2 aromatic carbocycles. The van der Waals surface area contributed by atoms with Crippen LogP contribution in [0.25, 0.3) is 22.1 Å². The van der Waals surface area contributed by atoms with Gasteiger partial charge in [0.1, 0.15) is 18.1 Å². The molecule has 2 heterocycles. The first-order valence-corrected chi connectivity index (χ1v) is 9.84. The van der Waals surface area contributed by atoms with E-state index in [0.29, 0.717) is 17.7 Å². The highest BCUT2D eigenvalue weighted by molar-refractivity contribution is 9.10. The predicted molar refractivity (Wildman–Crippen MR) is 114 cm³/mol. The summed E-state index contributed by atoms with van der Waals surface area (Å²) in [6.07, 6.45) is 1.60. The van der Waals surface area contributed by atoms with Gasteiger partial charge in [0.05, 0.1) is 18.1 Å². The Kier molecular flexibility index (Phi) is 5.31. The van der Waals surface area contributed by atoms with Crippen molar-refractivity contribution in [3.8, 4) is 11.3 Å². The van der Waals surface area contributed by atoms with Crippen LogP contribution in [-0.4, -0.2) is 27.6 Å². The van der Waals surface area contributed by atoms with Crippen molar-refractivity contribution < 1.29 is 9.21 Å². The number of hydrogen-bond acceptors (Lipinski definition) is 4. The summed E-state index contributed by atoms with van der Waals surface area (Å²) in [7, 11) is 1.68. The molecule has 1 amide bonds. The molecular weight excluding hydrogens is 434 g/mol. The zero-order valence-corrected chi connectivity index (χ0v) is 17.3. The quantitative estimate of drug-likeness (QED) is 0.458. The number of rotatable bonds is 5. The summed E-state index contributed by atoms with van der Waals surface area (Å²) in [6.45, 7) is 0.179. The van der Waals surface area contributed by atoms with E-state index in [1.54, 1.807) is 25.4 Å². The summed E-state index contributed by atoms with van der Waals surface area (Å²) in [5, 5.41) is 5.42. The van der Waals surface area contributed by atoms with Gasteiger partial charge in [0.25, 0.3) is 5.56 Å². The van der Waals surface area contributed by atoms with Crippen LogP contribution in [0.2, 0.25) is 0 Å². The zero-order valence-electron chi connectivity index (χ0n) is 15.7. The van der Waals surface area contributed by atoms with Crippen LogP contribution in [-0.2, 0) is 17.9 Å². The molecule has 7 heteroatoms. The van der Waals surface area contributed by atoms with Crippen molar-refractivity contribution in [3.63, 3.8) is 0 Å². The first kappa shape index (κ1) is 19.1. The van der Waals surface area contributed by atoms with Crippen LogP contribution < -0.4 is 5.56 Å². The topological polar surface area (TPSA) is 68.3 Å². The van der Waals surface area contributed by atoms with Crippen molar-refractivity contribution in [1.29, 1.82) is 0 Å². The third-order valence-electron chi connectivity index (χ3n) is 4.66. The van der Waals surface area contributed by atoms with Crippen molar-refractivity contribution in [2.75, 3.05) is 7.05 Å². The largest absolute Gasteiger partial charge is 0.459 e. The van der Waals surface area contributed by atoms with Gasteiger partial charge in [-0.15, -0.1) is 0 Å². The van der Waals surface area contributed by atoms with E-state index in [4.69, 9.17) is 4.42 Å². The monoisotopic (exact) mass is 451 g/mol. The summed E-state index contributed by atoms with van der Waals surface area (Å²) in [5.74, 6) is 1.18. The van der Waals surface area contributed by atoms with Gasteiger partial charge in [0, 0.05) is 22.5 Å². The highest BCUT2D eigenvalue weighted by Crippen LogP contribution is 2.24. The summed E-state index contributed by atoms with van der Waals surface area (Å²) in [6, 6.07) is 18.7. The number of fused-ring (bicyclic) bond motifs is 1. The fourth-order valence-corrected chi connectivity index (χ4v) is 3.31. The molecule has 0 unspecified atom stereocenters. The van der Waals surface area contributed by atoms with Crippen molar-refractivity contribution in [2.24, 2.45) is 0 Å². The molecule has 0 atom stereocenters. The van der Waals surface area contributed by atoms with Gasteiger partial charge in [-0.05, 0) is 30.3 Å². The smallest absolute Gasteiger partial charge is 0.275 e. The fraction of sp³-hybridized carbons (Fsp3) is 0.136. The van der Waals surface area contributed by atoms with Gasteiger partial charge in [-0.3, -0.25) is 9.59 Å². The summed E-state index contributed by atoms with van der Waals surface area (Å²) in [4.78, 5) is 26.7. The number of likely N-dealkylation sites (N-methyl/N-ethyl adjacent to an activating group) is 1. The van der Waals surface area contributed by atoms with Crippen molar-refractivity contribution in [3.05, 3.63) is 87.4 Å². The maximum Gasteiger partial charge on any atom is 0.275 e. The second kappa shape index (κ2) is 8.05. The predicted octanol–water partition coefficient (Wildman–Crippen LogP) is 4.08. The lowest BCUT2D eigenvalue weighted by atomic mass is 10.2. The Balaban J connectivity index is 1.46. The second-order valence-electron chi connectivity index (χ2n) is 6.72. The fourth-order valence-electron chi connectivity index (χ4n) is 3.04. The maximum absolute atomic E-state index is 12.6. The SMILES string of the molecule is CN(Cc1ccc(-c2ccc(Br)cc2)o1)C(=O)Cn1ncc2ccccc2c1=O. The Morgan fingerprint density at radius 3 is 2.66 bits per heavy atom. The van der Waals surface area contributed by atoms with Crippen molar-refractivity contribution in [2.45, 2.75) is 13.1 Å². The number of amides is 1. The molecule has 4 aromatic rings. The van der Waals surface area contributed by atoms with Gasteiger partial charge in [-0.25, -0.2) is 4.68 Å². The minimum absolute atomic E-state index is 0.125. The summed E-state index contributed by atoms with van der Waals surface area (Å²) >= 11 is 3.41. The molecule has 0 spiro atoms. The molecule has 4 rings (SSSR count). The first-order chi connectivity index (χ1) is 14.0. The summed E-state index contributed by atoms with van der Waals surface area (Å²) < 4.78 is 8.06. The standard InChI is InChI=1S/C22H18BrN3O3/c1-25(13-18-10-11-20(29-18)15-6-8-17(23)9-7-15)21(27)14-26-22(28)19-5-3-2-4-16(19)12-24-26/h2-12H,13-14H2,1H3. The normalized spacial score (nSPS) is 11.0. The average Bonchev–Trinajstić information content (AvgIpc) is 3.19. The lowest BCUT2D eigenvalue weighted by Gasteiger charge is -2.16. The van der Waals surface area contributed by atoms with Crippen LogP contribution in [0.5, 0.6) is 0 Å². The molecular formula is C22H18BrN3O3. The van der Waals surface area contributed by atoms with Crippen LogP contribution >= 0.6 is 15.9 Å². The Bertz CT molecular complexity index is 1230. The van der Waals surface area contributed by atoms with Gasteiger partial charge in [-0.2, -0.15) is 5.10 Å². The number of aromatic nitrogens is 2. The molecule has 0 saturated carbocycles. The van der Waals surface area contributed by atoms with Gasteiger partial charge >= 0.3 is 0 Å². The molecule has 0 aliphatic rings. The highest BCUT2D eigenvalue weighted by Gasteiger charge is 2.15. The van der Waals surface area contributed by atoms with Crippen molar-refractivity contribution >= 4 is 32.6 Å². The third kappa shape index (κ3) is 4.14. The molecule has 29 heavy (non-hydrogen) atoms. The van der Waals surface area contributed by atoms with Crippen LogP contribution in [0.15, 0.2) is 80.5 Å². The van der Waals surface area contributed by atoms with Gasteiger partial charge in [-0.1, -0.05) is 46.3 Å². The van der Waals surface area contributed by atoms with E-state index in [-0.39, 0.29) is 18.0 Å².